The molecule has 0 fully saturated rings. The van der Waals surface area contributed by atoms with Crippen molar-refractivity contribution in [2.45, 2.75) is 39.0 Å². The Morgan fingerprint density at radius 3 is 2.53 bits per heavy atom. The molecule has 1 rings (SSSR count). The predicted molar refractivity (Wildman–Crippen MR) is 70.6 cm³/mol. The van der Waals surface area contributed by atoms with Crippen molar-refractivity contribution in [3.63, 3.8) is 0 Å². The van der Waals surface area contributed by atoms with Crippen LogP contribution in [0.2, 0.25) is 0 Å². The number of aryl methyl sites for hydroxylation is 1. The average Bonchev–Trinajstić information content (AvgIpc) is 2.33. The van der Waals surface area contributed by atoms with Gasteiger partial charge in [0.15, 0.2) is 0 Å². The van der Waals surface area contributed by atoms with Crippen molar-refractivity contribution in [1.29, 1.82) is 0 Å². The summed E-state index contributed by atoms with van der Waals surface area (Å²) in [5.41, 5.74) is 1.11. The van der Waals surface area contributed by atoms with Gasteiger partial charge in [-0.05, 0) is 42.1 Å². The van der Waals surface area contributed by atoms with E-state index in [0.717, 1.165) is 24.3 Å². The highest BCUT2D eigenvalue weighted by Gasteiger charge is 1.99. The van der Waals surface area contributed by atoms with Crippen LogP contribution in [0.4, 0.5) is 0 Å². The van der Waals surface area contributed by atoms with Crippen molar-refractivity contribution in [3.05, 3.63) is 29.8 Å². The molecule has 0 saturated heterocycles. The highest BCUT2D eigenvalue weighted by Crippen LogP contribution is 2.14. The summed E-state index contributed by atoms with van der Waals surface area (Å²) >= 11 is 5.29. The first kappa shape index (κ1) is 14.0. The van der Waals surface area contributed by atoms with Crippen LogP contribution in [0.3, 0.4) is 0 Å². The number of hydrogen-bond acceptors (Lipinski definition) is 2. The van der Waals surface area contributed by atoms with Crippen LogP contribution in [-0.4, -0.2) is 11.8 Å². The zero-order valence-corrected chi connectivity index (χ0v) is 11.0. The van der Waals surface area contributed by atoms with E-state index in [1.807, 2.05) is 24.3 Å². The largest absolute Gasteiger partial charge is 0.494 e. The zero-order chi connectivity index (χ0) is 12.5. The summed E-state index contributed by atoms with van der Waals surface area (Å²) in [5.74, 6) is 0.891. The number of hydrogen-bond donors (Lipinski definition) is 0. The van der Waals surface area contributed by atoms with Crippen LogP contribution in [0.1, 0.15) is 38.2 Å². The minimum Gasteiger partial charge on any atom is -0.494 e. The third-order valence-corrected chi connectivity index (χ3v) is 2.74. The number of carbonyl (C=O) groups excluding carboxylic acids is 1. The van der Waals surface area contributed by atoms with Gasteiger partial charge in [0, 0.05) is 6.42 Å². The van der Waals surface area contributed by atoms with Gasteiger partial charge in [-0.3, -0.25) is 4.79 Å². The molecule has 0 spiro atoms. The van der Waals surface area contributed by atoms with Crippen LogP contribution in [-0.2, 0) is 11.2 Å². The second-order valence-electron chi connectivity index (χ2n) is 4.05. The SMILES string of the molecule is CCCCCOc1ccc(CCC(=O)Cl)cc1. The first-order chi connectivity index (χ1) is 8.22. The van der Waals surface area contributed by atoms with E-state index < -0.39 is 0 Å². The monoisotopic (exact) mass is 254 g/mol. The van der Waals surface area contributed by atoms with Gasteiger partial charge in [0.2, 0.25) is 5.24 Å². The van der Waals surface area contributed by atoms with E-state index >= 15 is 0 Å². The zero-order valence-electron chi connectivity index (χ0n) is 10.2. The lowest BCUT2D eigenvalue weighted by molar-refractivity contribution is -0.111. The fourth-order valence-corrected chi connectivity index (χ4v) is 1.63. The summed E-state index contributed by atoms with van der Waals surface area (Å²) in [6.45, 7) is 2.94. The maximum atomic E-state index is 10.6. The molecule has 0 radical (unpaired) electrons. The predicted octanol–water partition coefficient (Wildman–Crippen LogP) is 3.95. The van der Waals surface area contributed by atoms with Gasteiger partial charge in [-0.2, -0.15) is 0 Å². The summed E-state index contributed by atoms with van der Waals surface area (Å²) in [6.07, 6.45) is 4.58. The molecule has 3 heteroatoms. The van der Waals surface area contributed by atoms with Crippen LogP contribution in [0.15, 0.2) is 24.3 Å². The summed E-state index contributed by atoms with van der Waals surface area (Å²) < 4.78 is 5.60. The minimum atomic E-state index is -0.287. The Bertz CT molecular complexity index is 333. The fourth-order valence-electron chi connectivity index (χ4n) is 1.54. The maximum absolute atomic E-state index is 10.6. The smallest absolute Gasteiger partial charge is 0.221 e. The first-order valence-corrected chi connectivity index (χ1v) is 6.50. The van der Waals surface area contributed by atoms with Crippen LogP contribution >= 0.6 is 11.6 Å². The van der Waals surface area contributed by atoms with Gasteiger partial charge in [0.05, 0.1) is 6.61 Å². The number of halogens is 1. The molecule has 94 valence electrons. The highest BCUT2D eigenvalue weighted by molar-refractivity contribution is 6.63. The number of ether oxygens (including phenoxy) is 1. The van der Waals surface area contributed by atoms with E-state index in [2.05, 4.69) is 6.92 Å². The van der Waals surface area contributed by atoms with Crippen molar-refractivity contribution in [1.82, 2.24) is 0 Å². The number of benzene rings is 1. The Hall–Kier alpha value is -1.02. The minimum absolute atomic E-state index is 0.287. The third-order valence-electron chi connectivity index (χ3n) is 2.55. The van der Waals surface area contributed by atoms with Gasteiger partial charge in [-0.15, -0.1) is 0 Å². The van der Waals surface area contributed by atoms with Crippen molar-refractivity contribution in [3.8, 4) is 5.75 Å². The maximum Gasteiger partial charge on any atom is 0.221 e. The van der Waals surface area contributed by atoms with E-state index in [1.54, 1.807) is 0 Å². The molecule has 0 N–H and O–H groups in total. The van der Waals surface area contributed by atoms with Gasteiger partial charge in [-0.1, -0.05) is 31.9 Å². The number of unbranched alkanes of at least 4 members (excludes halogenated alkanes) is 2. The lowest BCUT2D eigenvalue weighted by atomic mass is 10.1. The topological polar surface area (TPSA) is 26.3 Å². The Morgan fingerprint density at radius 1 is 1.24 bits per heavy atom. The lowest BCUT2D eigenvalue weighted by Gasteiger charge is -2.06. The van der Waals surface area contributed by atoms with Gasteiger partial charge in [0.25, 0.3) is 0 Å². The normalized spacial score (nSPS) is 10.2. The van der Waals surface area contributed by atoms with Gasteiger partial charge < -0.3 is 4.74 Å². The molecular formula is C14H19ClO2. The molecule has 2 nitrogen and oxygen atoms in total. The molecule has 0 heterocycles. The van der Waals surface area contributed by atoms with Gasteiger partial charge in [0.1, 0.15) is 5.75 Å². The summed E-state index contributed by atoms with van der Waals surface area (Å²) in [5, 5.41) is -0.287. The van der Waals surface area contributed by atoms with Crippen molar-refractivity contribution in [2.24, 2.45) is 0 Å². The molecule has 0 unspecified atom stereocenters. The molecule has 1 aromatic carbocycles. The van der Waals surface area contributed by atoms with Crippen LogP contribution < -0.4 is 4.74 Å². The van der Waals surface area contributed by atoms with Crippen LogP contribution in [0, 0.1) is 0 Å². The van der Waals surface area contributed by atoms with Crippen molar-refractivity contribution < 1.29 is 9.53 Å². The molecule has 0 aliphatic rings. The fraction of sp³-hybridized carbons (Fsp3) is 0.500. The Kier molecular flexibility index (Phi) is 6.71. The highest BCUT2D eigenvalue weighted by atomic mass is 35.5. The summed E-state index contributed by atoms with van der Waals surface area (Å²) in [6, 6.07) is 7.85. The number of carbonyl (C=O) groups is 1. The molecule has 0 atom stereocenters. The van der Waals surface area contributed by atoms with Crippen molar-refractivity contribution >= 4 is 16.8 Å². The van der Waals surface area contributed by atoms with E-state index in [4.69, 9.17) is 16.3 Å². The Labute approximate surface area is 108 Å². The average molecular weight is 255 g/mol. The molecule has 0 amide bonds. The molecule has 0 aliphatic heterocycles. The quantitative estimate of drug-likeness (QED) is 0.519. The lowest BCUT2D eigenvalue weighted by Crippen LogP contribution is -1.97. The van der Waals surface area contributed by atoms with Crippen LogP contribution in [0.25, 0.3) is 0 Å². The standard InChI is InChI=1S/C14H19ClO2/c1-2-3-4-11-17-13-8-5-12(6-9-13)7-10-14(15)16/h5-6,8-9H,2-4,7,10-11H2,1H3. The second kappa shape index (κ2) is 8.13. The molecule has 0 bridgehead atoms. The van der Waals surface area contributed by atoms with Crippen molar-refractivity contribution in [2.75, 3.05) is 6.61 Å². The summed E-state index contributed by atoms with van der Waals surface area (Å²) in [4.78, 5) is 10.6. The third kappa shape index (κ3) is 6.32. The molecule has 0 saturated carbocycles. The molecule has 0 aliphatic carbocycles. The first-order valence-electron chi connectivity index (χ1n) is 6.12. The van der Waals surface area contributed by atoms with E-state index in [9.17, 15) is 4.79 Å². The van der Waals surface area contributed by atoms with E-state index in [0.29, 0.717) is 12.8 Å². The Balaban J connectivity index is 2.31. The van der Waals surface area contributed by atoms with Gasteiger partial charge in [-0.25, -0.2) is 0 Å². The molecular weight excluding hydrogens is 236 g/mol. The summed E-state index contributed by atoms with van der Waals surface area (Å²) in [7, 11) is 0. The van der Waals surface area contributed by atoms with E-state index in [1.165, 1.54) is 12.8 Å². The van der Waals surface area contributed by atoms with Crippen LogP contribution in [0.5, 0.6) is 5.75 Å². The molecule has 17 heavy (non-hydrogen) atoms. The Morgan fingerprint density at radius 2 is 1.94 bits per heavy atom. The second-order valence-corrected chi connectivity index (χ2v) is 4.48. The van der Waals surface area contributed by atoms with E-state index in [-0.39, 0.29) is 5.24 Å². The molecule has 0 aromatic heterocycles. The number of rotatable bonds is 8. The van der Waals surface area contributed by atoms with Gasteiger partial charge >= 0.3 is 0 Å². The molecule has 1 aromatic rings.